The molecule has 45 heavy (non-hydrogen) atoms. The van der Waals surface area contributed by atoms with Crippen LogP contribution < -0.4 is 9.72 Å². The summed E-state index contributed by atoms with van der Waals surface area (Å²) in [4.78, 5) is 17.3. The van der Waals surface area contributed by atoms with Crippen LogP contribution in [-0.2, 0) is 22.1 Å². The molecule has 4 nitrogen and oxygen atoms in total. The number of carbonyl (C=O) groups excluding carboxylic acids is 1. The molecule has 1 heterocycles. The van der Waals surface area contributed by atoms with Crippen molar-refractivity contribution in [2.45, 2.75) is 43.5 Å². The molecule has 1 N–H and O–H groups in total. The van der Waals surface area contributed by atoms with Crippen LogP contribution >= 0.6 is 23.1 Å². The molecule has 0 aliphatic heterocycles. The number of hydrogen-bond acceptors (Lipinski definition) is 5. The summed E-state index contributed by atoms with van der Waals surface area (Å²) in [6.07, 6.45) is -3.64. The van der Waals surface area contributed by atoms with Gasteiger partial charge in [-0.25, -0.2) is 4.79 Å². The molecule has 1 atom stereocenters. The molecule has 0 amide bonds. The maximum absolute atomic E-state index is 13.2. The highest BCUT2D eigenvalue weighted by Gasteiger charge is 2.31. The normalized spacial score (nSPS) is 12.1. The molecule has 9 heteroatoms. The molecule has 0 radical (unpaired) electrons. The average molecular weight is 649 g/mol. The first kappa shape index (κ1) is 32.3. The third kappa shape index (κ3) is 8.35. The lowest BCUT2D eigenvalue weighted by Crippen LogP contribution is -2.14. The summed E-state index contributed by atoms with van der Waals surface area (Å²) in [5.74, 6) is 0.202. The van der Waals surface area contributed by atoms with Gasteiger partial charge in [0.2, 0.25) is 0 Å². The topological polar surface area (TPSA) is 49.7 Å². The number of aromatic amines is 1. The summed E-state index contributed by atoms with van der Waals surface area (Å²) < 4.78 is 50.1. The summed E-state index contributed by atoms with van der Waals surface area (Å²) in [5, 5.41) is 0.822. The van der Waals surface area contributed by atoms with Crippen LogP contribution in [0.4, 0.5) is 13.2 Å². The van der Waals surface area contributed by atoms with Crippen LogP contribution in [0.5, 0.6) is 5.75 Å². The monoisotopic (exact) mass is 648 g/mol. The van der Waals surface area contributed by atoms with E-state index in [0.717, 1.165) is 55.7 Å². The summed E-state index contributed by atoms with van der Waals surface area (Å²) in [6.45, 7) is 5.84. The first-order chi connectivity index (χ1) is 21.6. The number of carbonyl (C=O) groups is 1. The van der Waals surface area contributed by atoms with Crippen LogP contribution in [0.15, 0.2) is 102 Å². The largest absolute Gasteiger partial charge is 0.482 e. The summed E-state index contributed by atoms with van der Waals surface area (Å²) >= 11 is 3.28. The van der Waals surface area contributed by atoms with Crippen LogP contribution in [0.2, 0.25) is 0 Å². The molecule has 232 valence electrons. The van der Waals surface area contributed by atoms with Crippen molar-refractivity contribution < 1.29 is 32.4 Å². The lowest BCUT2D eigenvalue weighted by Gasteiger charge is -2.17. The number of rotatable bonds is 11. The Hall–Kier alpha value is -4.08. The van der Waals surface area contributed by atoms with E-state index in [2.05, 4.69) is 41.4 Å². The number of thioether (sulfide) groups is 1. The summed E-state index contributed by atoms with van der Waals surface area (Å²) in [6, 6.07) is 29.9. The number of H-pyrrole nitrogens is 1. The van der Waals surface area contributed by atoms with Gasteiger partial charge in [-0.1, -0.05) is 65.9 Å². The lowest BCUT2D eigenvalue weighted by atomic mass is 10.0. The molecular formula is C36H33F3NO3S2+. The van der Waals surface area contributed by atoms with E-state index in [1.54, 1.807) is 30.0 Å². The van der Waals surface area contributed by atoms with Crippen LogP contribution in [0.25, 0.3) is 21.7 Å². The molecule has 5 rings (SSSR count). The van der Waals surface area contributed by atoms with Crippen molar-refractivity contribution >= 4 is 29.1 Å². The van der Waals surface area contributed by atoms with Crippen LogP contribution in [-0.4, -0.2) is 19.2 Å². The third-order valence-corrected chi connectivity index (χ3v) is 9.92. The van der Waals surface area contributed by atoms with Gasteiger partial charge in [0.15, 0.2) is 12.3 Å². The van der Waals surface area contributed by atoms with Gasteiger partial charge in [-0.15, -0.1) is 11.8 Å². The van der Waals surface area contributed by atoms with Crippen LogP contribution in [0.3, 0.4) is 0 Å². The van der Waals surface area contributed by atoms with Gasteiger partial charge in [0.1, 0.15) is 5.75 Å². The molecule has 0 aliphatic rings. The molecule has 0 saturated heterocycles. The fourth-order valence-corrected chi connectivity index (χ4v) is 7.58. The van der Waals surface area contributed by atoms with E-state index in [-0.39, 0.29) is 11.9 Å². The standard InChI is InChI=1S/C36H32F3NO3S2/c1-4-42-33(41)22-43-31-19-18-30(20-23(31)2)44-32(21-25-10-12-27(13-11-25)26-8-6-5-7-9-26)34-24(3)40-35(45-34)28-14-16-29(17-15-28)36(37,38)39/h5-20,32H,4,21-22H2,1-3H3/p+1. The molecule has 0 aliphatic carbocycles. The van der Waals surface area contributed by atoms with Gasteiger partial charge in [-0.2, -0.15) is 18.2 Å². The van der Waals surface area contributed by atoms with Crippen molar-refractivity contribution in [1.29, 1.82) is 0 Å². The molecule has 4 aromatic carbocycles. The number of benzene rings is 4. The minimum Gasteiger partial charge on any atom is -0.482 e. The number of nitrogens with one attached hydrogen (secondary N) is 1. The predicted octanol–water partition coefficient (Wildman–Crippen LogP) is 9.55. The maximum atomic E-state index is 13.2. The van der Waals surface area contributed by atoms with Crippen molar-refractivity contribution in [3.8, 4) is 27.4 Å². The molecular weight excluding hydrogens is 616 g/mol. The fourth-order valence-electron chi connectivity index (χ4n) is 4.92. The highest BCUT2D eigenvalue weighted by molar-refractivity contribution is 7.99. The highest BCUT2D eigenvalue weighted by atomic mass is 32.2. The number of aryl methyl sites for hydroxylation is 2. The molecule has 5 aromatic rings. The lowest BCUT2D eigenvalue weighted by molar-refractivity contribution is -0.368. The molecule has 1 unspecified atom stereocenters. The van der Waals surface area contributed by atoms with Crippen molar-refractivity contribution in [3.05, 3.63) is 124 Å². The average Bonchev–Trinajstić information content (AvgIpc) is 3.42. The van der Waals surface area contributed by atoms with Gasteiger partial charge in [0.25, 0.3) is 5.01 Å². The Morgan fingerprint density at radius 3 is 2.20 bits per heavy atom. The van der Waals surface area contributed by atoms with Gasteiger partial charge in [0.05, 0.1) is 27.9 Å². The number of alkyl halides is 3. The first-order valence-corrected chi connectivity index (χ1v) is 16.2. The molecule has 0 spiro atoms. The minimum absolute atomic E-state index is 0.0164. The predicted molar refractivity (Wildman–Crippen MR) is 174 cm³/mol. The highest BCUT2D eigenvalue weighted by Crippen LogP contribution is 2.43. The summed E-state index contributed by atoms with van der Waals surface area (Å²) in [5.41, 5.74) is 5.37. The third-order valence-electron chi connectivity index (χ3n) is 7.21. The number of thiazole rings is 1. The number of halogens is 3. The van der Waals surface area contributed by atoms with E-state index in [1.807, 2.05) is 50.2 Å². The van der Waals surface area contributed by atoms with Crippen LogP contribution in [0, 0.1) is 13.8 Å². The number of aromatic nitrogens is 1. The molecule has 0 saturated carbocycles. The maximum Gasteiger partial charge on any atom is 0.416 e. The number of hydrogen-bond donors (Lipinski definition) is 0. The minimum atomic E-state index is -4.38. The molecule has 0 fully saturated rings. The zero-order valence-corrected chi connectivity index (χ0v) is 26.7. The second-order valence-electron chi connectivity index (χ2n) is 10.5. The smallest absolute Gasteiger partial charge is 0.416 e. The number of esters is 1. The van der Waals surface area contributed by atoms with E-state index in [9.17, 15) is 18.0 Å². The van der Waals surface area contributed by atoms with Crippen molar-refractivity contribution in [2.24, 2.45) is 0 Å². The van der Waals surface area contributed by atoms with Gasteiger partial charge >= 0.3 is 12.1 Å². The molecule has 1 aromatic heterocycles. The Morgan fingerprint density at radius 2 is 1.56 bits per heavy atom. The Balaban J connectivity index is 1.42. The van der Waals surface area contributed by atoms with Crippen molar-refractivity contribution in [3.63, 3.8) is 0 Å². The Bertz CT molecular complexity index is 1730. The van der Waals surface area contributed by atoms with Gasteiger partial charge in [-0.3, -0.25) is 0 Å². The quantitative estimate of drug-likeness (QED) is 0.106. The van der Waals surface area contributed by atoms with Crippen molar-refractivity contribution in [2.75, 3.05) is 13.2 Å². The second kappa shape index (κ2) is 14.3. The van der Waals surface area contributed by atoms with Crippen LogP contribution in [0.1, 0.15) is 39.4 Å². The Morgan fingerprint density at radius 1 is 0.889 bits per heavy atom. The van der Waals surface area contributed by atoms with Gasteiger partial charge in [-0.05, 0) is 85.0 Å². The van der Waals surface area contributed by atoms with E-state index in [1.165, 1.54) is 17.7 Å². The van der Waals surface area contributed by atoms with Crippen molar-refractivity contribution in [1.82, 2.24) is 0 Å². The van der Waals surface area contributed by atoms with E-state index < -0.39 is 17.7 Å². The van der Waals surface area contributed by atoms with Gasteiger partial charge in [0, 0.05) is 11.8 Å². The fraction of sp³-hybridized carbons (Fsp3) is 0.222. The first-order valence-electron chi connectivity index (χ1n) is 14.5. The zero-order valence-electron chi connectivity index (χ0n) is 25.1. The zero-order chi connectivity index (χ0) is 32.0. The van der Waals surface area contributed by atoms with Gasteiger partial charge < -0.3 is 9.47 Å². The van der Waals surface area contributed by atoms with E-state index in [4.69, 9.17) is 9.47 Å². The van der Waals surface area contributed by atoms with E-state index in [0.29, 0.717) is 17.9 Å². The van der Waals surface area contributed by atoms with E-state index >= 15 is 0 Å². The Labute approximate surface area is 269 Å². The summed E-state index contributed by atoms with van der Waals surface area (Å²) in [7, 11) is 0. The molecule has 0 bridgehead atoms. The SMILES string of the molecule is CCOC(=O)COc1ccc(SC(Cc2ccc(-c3ccccc3)cc2)c2sc(-c3ccc(C(F)(F)F)cc3)[nH+]c2C)cc1C. The second-order valence-corrected chi connectivity index (χ2v) is 12.8. The Kier molecular flexibility index (Phi) is 10.3. The number of ether oxygens (including phenoxy) is 2.